The highest BCUT2D eigenvalue weighted by molar-refractivity contribution is 9.10. The van der Waals surface area contributed by atoms with Crippen LogP contribution in [0.15, 0.2) is 39.0 Å². The molecule has 0 aliphatic carbocycles. The van der Waals surface area contributed by atoms with Gasteiger partial charge < -0.3 is 9.84 Å². The van der Waals surface area contributed by atoms with Crippen LogP contribution in [0.1, 0.15) is 13.3 Å². The Bertz CT molecular complexity index is 583. The quantitative estimate of drug-likeness (QED) is 0.668. The molecule has 100 valence electrons. The summed E-state index contributed by atoms with van der Waals surface area (Å²) in [6.07, 6.45) is 1.15. The van der Waals surface area contributed by atoms with E-state index in [0.717, 1.165) is 0 Å². The molecule has 1 aliphatic heterocycles. The van der Waals surface area contributed by atoms with E-state index in [4.69, 9.17) is 4.74 Å². The first kappa shape index (κ1) is 13.7. The molecule has 2 rings (SSSR count). The fraction of sp³-hybridized carbons (Fsp3) is 0.231. The number of cyclic esters (lactones) is 1. The predicted octanol–water partition coefficient (Wildman–Crippen LogP) is 3.44. The van der Waals surface area contributed by atoms with Gasteiger partial charge >= 0.3 is 5.97 Å². The third-order valence-corrected chi connectivity index (χ3v) is 3.17. The van der Waals surface area contributed by atoms with Gasteiger partial charge in [-0.2, -0.15) is 0 Å². The summed E-state index contributed by atoms with van der Waals surface area (Å²) in [6.45, 7) is 1.69. The summed E-state index contributed by atoms with van der Waals surface area (Å²) in [5.74, 6) is -1.05. The van der Waals surface area contributed by atoms with Gasteiger partial charge in [-0.3, -0.25) is 4.99 Å². The lowest BCUT2D eigenvalue weighted by Gasteiger charge is -2.19. The summed E-state index contributed by atoms with van der Waals surface area (Å²) in [5.41, 5.74) is 0.485. The topological polar surface area (TPSA) is 58.9 Å². The van der Waals surface area contributed by atoms with Crippen LogP contribution in [0, 0.1) is 5.82 Å². The predicted molar refractivity (Wildman–Crippen MR) is 72.1 cm³/mol. The largest absolute Gasteiger partial charge is 0.511 e. The molecule has 1 atom stereocenters. The Morgan fingerprint density at radius 3 is 2.95 bits per heavy atom. The summed E-state index contributed by atoms with van der Waals surface area (Å²) in [6, 6.07) is 4.19. The third kappa shape index (κ3) is 3.20. The Balaban J connectivity index is 2.24. The van der Waals surface area contributed by atoms with E-state index in [1.165, 1.54) is 24.4 Å². The first-order valence-corrected chi connectivity index (χ1v) is 6.39. The van der Waals surface area contributed by atoms with Crippen molar-refractivity contribution < 1.29 is 19.0 Å². The monoisotopic (exact) mass is 327 g/mol. The van der Waals surface area contributed by atoms with Gasteiger partial charge in [0.05, 0.1) is 10.2 Å². The van der Waals surface area contributed by atoms with Gasteiger partial charge in [0.25, 0.3) is 0 Å². The molecule has 0 saturated carbocycles. The molecular formula is C13H11BrFNO3. The summed E-state index contributed by atoms with van der Waals surface area (Å²) in [7, 11) is 0. The van der Waals surface area contributed by atoms with Crippen LogP contribution in [0.2, 0.25) is 0 Å². The molecule has 0 bridgehead atoms. The van der Waals surface area contributed by atoms with Gasteiger partial charge in [-0.1, -0.05) is 0 Å². The minimum atomic E-state index is -0.610. The summed E-state index contributed by atoms with van der Waals surface area (Å²) in [5, 5.41) is 9.70. The zero-order chi connectivity index (χ0) is 14.0. The number of rotatable bonds is 2. The molecule has 1 heterocycles. The maximum absolute atomic E-state index is 13.0. The van der Waals surface area contributed by atoms with Crippen LogP contribution in [0.4, 0.5) is 10.1 Å². The summed E-state index contributed by atoms with van der Waals surface area (Å²) < 4.78 is 18.3. The molecule has 0 spiro atoms. The van der Waals surface area contributed by atoms with Gasteiger partial charge in [0.1, 0.15) is 23.3 Å². The maximum Gasteiger partial charge on any atom is 0.343 e. The van der Waals surface area contributed by atoms with Crippen molar-refractivity contribution in [3.63, 3.8) is 0 Å². The van der Waals surface area contributed by atoms with Crippen molar-refractivity contribution in [2.75, 3.05) is 0 Å². The molecule has 4 nitrogen and oxygen atoms in total. The highest BCUT2D eigenvalue weighted by Crippen LogP contribution is 2.23. The second kappa shape index (κ2) is 5.52. The average molecular weight is 328 g/mol. The van der Waals surface area contributed by atoms with Crippen LogP contribution < -0.4 is 0 Å². The van der Waals surface area contributed by atoms with Crippen LogP contribution in [0.5, 0.6) is 0 Å². The lowest BCUT2D eigenvalue weighted by Crippen LogP contribution is -2.24. The Morgan fingerprint density at radius 1 is 1.58 bits per heavy atom. The first-order valence-electron chi connectivity index (χ1n) is 5.59. The normalized spacial score (nSPS) is 19.9. The van der Waals surface area contributed by atoms with Crippen LogP contribution in [0.3, 0.4) is 0 Å². The molecule has 0 fully saturated rings. The van der Waals surface area contributed by atoms with E-state index in [2.05, 4.69) is 20.9 Å². The number of carbonyl (C=O) groups is 1. The second-order valence-corrected chi connectivity index (χ2v) is 4.99. The van der Waals surface area contributed by atoms with E-state index in [0.29, 0.717) is 5.69 Å². The summed E-state index contributed by atoms with van der Waals surface area (Å²) in [4.78, 5) is 15.6. The van der Waals surface area contributed by atoms with Crippen LogP contribution >= 0.6 is 15.9 Å². The van der Waals surface area contributed by atoms with Crippen LogP contribution in [-0.4, -0.2) is 23.4 Å². The van der Waals surface area contributed by atoms with Crippen molar-refractivity contribution in [1.29, 1.82) is 0 Å². The Morgan fingerprint density at radius 2 is 2.32 bits per heavy atom. The number of aliphatic hydroxyl groups excluding tert-OH is 1. The highest BCUT2D eigenvalue weighted by atomic mass is 79.9. The number of nitrogens with zero attached hydrogens (tertiary/aromatic N) is 1. The van der Waals surface area contributed by atoms with Gasteiger partial charge in [-0.25, -0.2) is 9.18 Å². The Labute approximate surface area is 117 Å². The van der Waals surface area contributed by atoms with Crippen LogP contribution in [0.25, 0.3) is 0 Å². The molecule has 1 aromatic rings. The van der Waals surface area contributed by atoms with Gasteiger partial charge in [0.2, 0.25) is 0 Å². The van der Waals surface area contributed by atoms with Crippen molar-refractivity contribution in [3.05, 3.63) is 39.8 Å². The van der Waals surface area contributed by atoms with Crippen molar-refractivity contribution in [2.24, 2.45) is 4.99 Å². The fourth-order valence-corrected chi connectivity index (χ4v) is 1.99. The molecule has 0 radical (unpaired) electrons. The molecule has 0 saturated heterocycles. The number of aliphatic hydroxyl groups is 1. The number of ether oxygens (including phenoxy) is 1. The van der Waals surface area contributed by atoms with E-state index >= 15 is 0 Å². The molecular weight excluding hydrogens is 317 g/mol. The molecule has 1 aliphatic rings. The highest BCUT2D eigenvalue weighted by Gasteiger charge is 2.25. The number of hydrogen-bond donors (Lipinski definition) is 1. The smallest absolute Gasteiger partial charge is 0.343 e. The number of halogens is 2. The van der Waals surface area contributed by atoms with E-state index in [9.17, 15) is 14.3 Å². The number of carbonyl (C=O) groups excluding carboxylic acids is 1. The molecule has 6 heteroatoms. The van der Waals surface area contributed by atoms with E-state index in [1.807, 2.05) is 0 Å². The third-order valence-electron chi connectivity index (χ3n) is 2.57. The molecule has 1 N–H and O–H groups in total. The van der Waals surface area contributed by atoms with Gasteiger partial charge in [-0.05, 0) is 41.1 Å². The standard InChI is InChI=1S/C13H11BrFNO3/c1-7-4-12(17)9(13(18)19-7)6-16-8-2-3-11(15)10(14)5-8/h2-3,5-7,17H,4H2,1H3. The first-order chi connectivity index (χ1) is 8.97. The SMILES string of the molecule is CC1CC(O)=C(C=Nc2ccc(F)c(Br)c2)C(=O)O1. The molecule has 1 aromatic carbocycles. The molecule has 0 amide bonds. The van der Waals surface area contributed by atoms with Crippen LogP contribution in [-0.2, 0) is 9.53 Å². The Hall–Kier alpha value is -1.69. The number of esters is 1. The van der Waals surface area contributed by atoms with E-state index in [1.54, 1.807) is 6.92 Å². The minimum Gasteiger partial charge on any atom is -0.511 e. The van der Waals surface area contributed by atoms with Gasteiger partial charge in [-0.15, -0.1) is 0 Å². The van der Waals surface area contributed by atoms with Crippen molar-refractivity contribution in [2.45, 2.75) is 19.4 Å². The maximum atomic E-state index is 13.0. The van der Waals surface area contributed by atoms with E-state index < -0.39 is 11.8 Å². The van der Waals surface area contributed by atoms with E-state index in [-0.39, 0.29) is 28.3 Å². The zero-order valence-electron chi connectivity index (χ0n) is 10.1. The van der Waals surface area contributed by atoms with Gasteiger partial charge in [0, 0.05) is 12.6 Å². The zero-order valence-corrected chi connectivity index (χ0v) is 11.6. The number of benzene rings is 1. The van der Waals surface area contributed by atoms with Crippen molar-refractivity contribution in [3.8, 4) is 0 Å². The molecule has 19 heavy (non-hydrogen) atoms. The fourth-order valence-electron chi connectivity index (χ4n) is 1.62. The molecule has 1 unspecified atom stereocenters. The van der Waals surface area contributed by atoms with Gasteiger partial charge in [0.15, 0.2) is 0 Å². The number of aliphatic imine (C=N–C) groups is 1. The average Bonchev–Trinajstić information content (AvgIpc) is 2.32. The lowest BCUT2D eigenvalue weighted by atomic mass is 10.1. The lowest BCUT2D eigenvalue weighted by molar-refractivity contribution is -0.144. The minimum absolute atomic E-state index is 0.0264. The number of hydrogen-bond acceptors (Lipinski definition) is 4. The van der Waals surface area contributed by atoms with Crippen molar-refractivity contribution in [1.82, 2.24) is 0 Å². The second-order valence-electron chi connectivity index (χ2n) is 4.14. The summed E-state index contributed by atoms with van der Waals surface area (Å²) >= 11 is 3.04. The molecule has 0 aromatic heterocycles. The van der Waals surface area contributed by atoms with Crippen molar-refractivity contribution >= 4 is 33.8 Å². The Kier molecular flexibility index (Phi) is 3.99.